The summed E-state index contributed by atoms with van der Waals surface area (Å²) in [6, 6.07) is 0. The summed E-state index contributed by atoms with van der Waals surface area (Å²) in [5.74, 6) is -0.820. The third-order valence-electron chi connectivity index (χ3n) is 0.749. The zero-order chi connectivity index (χ0) is 7.11. The molecule has 0 rings (SSSR count). The maximum Gasteiger partial charge on any atom is 0.305 e. The van der Waals surface area contributed by atoms with Crippen molar-refractivity contribution in [1.82, 2.24) is 0 Å². The van der Waals surface area contributed by atoms with Crippen LogP contribution in [0, 0.1) is 6.92 Å². The van der Waals surface area contributed by atoms with E-state index in [2.05, 4.69) is 6.92 Å². The highest BCUT2D eigenvalue weighted by Gasteiger charge is 1.93. The van der Waals surface area contributed by atoms with E-state index in [1.165, 1.54) is 0 Å². The largest absolute Gasteiger partial charge is 0.481 e. The average Bonchev–Trinajstić information content (AvgIpc) is 1.80. The van der Waals surface area contributed by atoms with Crippen LogP contribution in [-0.2, 0) is 9.53 Å². The number of hydrogen-bond acceptors (Lipinski definition) is 2. The molecule has 0 atom stereocenters. The van der Waals surface area contributed by atoms with E-state index in [4.69, 9.17) is 9.84 Å². The van der Waals surface area contributed by atoms with E-state index >= 15 is 0 Å². The number of hydrogen-bond donors (Lipinski definition) is 1. The molecule has 53 valence electrons. The van der Waals surface area contributed by atoms with Gasteiger partial charge in [-0.3, -0.25) is 4.79 Å². The van der Waals surface area contributed by atoms with Crippen molar-refractivity contribution in [2.24, 2.45) is 0 Å². The van der Waals surface area contributed by atoms with Gasteiger partial charge in [0.1, 0.15) is 0 Å². The SMILES string of the molecule is [CH2]CCOCCC(=O)O. The van der Waals surface area contributed by atoms with E-state index in [9.17, 15) is 4.79 Å². The van der Waals surface area contributed by atoms with Crippen LogP contribution in [0.5, 0.6) is 0 Å². The average molecular weight is 131 g/mol. The van der Waals surface area contributed by atoms with Crippen LogP contribution in [0.25, 0.3) is 0 Å². The lowest BCUT2D eigenvalue weighted by Gasteiger charge is -1.96. The van der Waals surface area contributed by atoms with Crippen molar-refractivity contribution in [3.63, 3.8) is 0 Å². The number of carbonyl (C=O) groups is 1. The summed E-state index contributed by atoms with van der Waals surface area (Å²) < 4.78 is 4.85. The lowest BCUT2D eigenvalue weighted by atomic mass is 10.5. The predicted octanol–water partition coefficient (Wildman–Crippen LogP) is 0.702. The Morgan fingerprint density at radius 2 is 2.22 bits per heavy atom. The van der Waals surface area contributed by atoms with Crippen molar-refractivity contribution in [1.29, 1.82) is 0 Å². The topological polar surface area (TPSA) is 46.5 Å². The second-order valence-electron chi connectivity index (χ2n) is 1.61. The summed E-state index contributed by atoms with van der Waals surface area (Å²) in [6.07, 6.45) is 0.777. The second kappa shape index (κ2) is 5.56. The molecule has 1 N–H and O–H groups in total. The molecular weight excluding hydrogens is 120 g/mol. The molecule has 1 radical (unpaired) electrons. The predicted molar refractivity (Wildman–Crippen MR) is 33.0 cm³/mol. The summed E-state index contributed by atoms with van der Waals surface area (Å²) in [6.45, 7) is 4.38. The summed E-state index contributed by atoms with van der Waals surface area (Å²) >= 11 is 0. The number of ether oxygens (including phenoxy) is 1. The quantitative estimate of drug-likeness (QED) is 0.559. The van der Waals surface area contributed by atoms with E-state index < -0.39 is 5.97 Å². The molecule has 3 nitrogen and oxygen atoms in total. The molecule has 9 heavy (non-hydrogen) atoms. The van der Waals surface area contributed by atoms with Crippen LogP contribution in [0.1, 0.15) is 12.8 Å². The number of aliphatic carboxylic acids is 1. The maximum absolute atomic E-state index is 9.87. The van der Waals surface area contributed by atoms with E-state index in [1.807, 2.05) is 0 Å². The first-order chi connectivity index (χ1) is 4.27. The summed E-state index contributed by atoms with van der Waals surface area (Å²) in [5.41, 5.74) is 0. The molecule has 0 saturated heterocycles. The summed E-state index contributed by atoms with van der Waals surface area (Å²) in [5, 5.41) is 8.12. The minimum absolute atomic E-state index is 0.0833. The molecule has 0 aliphatic rings. The molecule has 0 amide bonds. The normalized spacial score (nSPS) is 9.44. The molecule has 0 bridgehead atoms. The van der Waals surface area contributed by atoms with Gasteiger partial charge in [0.05, 0.1) is 13.0 Å². The second-order valence-corrected chi connectivity index (χ2v) is 1.61. The Morgan fingerprint density at radius 3 is 2.67 bits per heavy atom. The molecule has 0 aromatic rings. The molecule has 0 spiro atoms. The Morgan fingerprint density at radius 1 is 1.56 bits per heavy atom. The van der Waals surface area contributed by atoms with Crippen LogP contribution >= 0.6 is 0 Å². The molecule has 0 aliphatic carbocycles. The van der Waals surface area contributed by atoms with E-state index in [0.717, 1.165) is 0 Å². The minimum Gasteiger partial charge on any atom is -0.481 e. The molecule has 0 aromatic heterocycles. The zero-order valence-corrected chi connectivity index (χ0v) is 5.30. The Balaban J connectivity index is 2.83. The fourth-order valence-electron chi connectivity index (χ4n) is 0.364. The van der Waals surface area contributed by atoms with Gasteiger partial charge in [0, 0.05) is 6.61 Å². The maximum atomic E-state index is 9.87. The van der Waals surface area contributed by atoms with Gasteiger partial charge in [-0.15, -0.1) is 0 Å². The van der Waals surface area contributed by atoms with Gasteiger partial charge >= 0.3 is 5.97 Å². The first-order valence-corrected chi connectivity index (χ1v) is 2.86. The molecule has 0 fully saturated rings. The summed E-state index contributed by atoms with van der Waals surface area (Å²) in [7, 11) is 0. The molecule has 0 aliphatic heterocycles. The van der Waals surface area contributed by atoms with Gasteiger partial charge in [-0.2, -0.15) is 0 Å². The Labute approximate surface area is 54.6 Å². The van der Waals surface area contributed by atoms with Gasteiger partial charge in [-0.05, 0) is 6.42 Å². The first-order valence-electron chi connectivity index (χ1n) is 2.86. The smallest absolute Gasteiger partial charge is 0.305 e. The first kappa shape index (κ1) is 8.43. The minimum atomic E-state index is -0.820. The van der Waals surface area contributed by atoms with Crippen LogP contribution in [0.15, 0.2) is 0 Å². The van der Waals surface area contributed by atoms with Crippen LogP contribution in [-0.4, -0.2) is 24.3 Å². The van der Waals surface area contributed by atoms with Gasteiger partial charge in [-0.25, -0.2) is 0 Å². The van der Waals surface area contributed by atoms with Crippen LogP contribution in [0.4, 0.5) is 0 Å². The van der Waals surface area contributed by atoms with Crippen molar-refractivity contribution in [3.05, 3.63) is 6.92 Å². The fraction of sp³-hybridized carbons (Fsp3) is 0.667. The highest BCUT2D eigenvalue weighted by Crippen LogP contribution is 1.83. The zero-order valence-electron chi connectivity index (χ0n) is 5.30. The van der Waals surface area contributed by atoms with Gasteiger partial charge in [-0.1, -0.05) is 6.92 Å². The van der Waals surface area contributed by atoms with E-state index in [1.54, 1.807) is 0 Å². The highest BCUT2D eigenvalue weighted by molar-refractivity contribution is 5.66. The molecular formula is C6H11O3. The highest BCUT2D eigenvalue weighted by atomic mass is 16.5. The van der Waals surface area contributed by atoms with Crippen LogP contribution < -0.4 is 0 Å². The number of rotatable bonds is 5. The molecule has 0 unspecified atom stereocenters. The molecule has 3 heteroatoms. The van der Waals surface area contributed by atoms with Crippen molar-refractivity contribution in [3.8, 4) is 0 Å². The third kappa shape index (κ3) is 7.43. The Bertz CT molecular complexity index is 80.4. The fourth-order valence-corrected chi connectivity index (χ4v) is 0.364. The van der Waals surface area contributed by atoms with Crippen LogP contribution in [0.2, 0.25) is 0 Å². The standard InChI is InChI=1S/C6H11O3/c1-2-4-9-5-3-6(7)8/h1-5H2,(H,7,8). The van der Waals surface area contributed by atoms with Gasteiger partial charge in [0.2, 0.25) is 0 Å². The third-order valence-corrected chi connectivity index (χ3v) is 0.749. The van der Waals surface area contributed by atoms with Crippen molar-refractivity contribution >= 4 is 5.97 Å². The Hall–Kier alpha value is -0.570. The van der Waals surface area contributed by atoms with E-state index in [-0.39, 0.29) is 6.42 Å². The lowest BCUT2D eigenvalue weighted by molar-refractivity contribution is -0.138. The monoisotopic (exact) mass is 131 g/mol. The number of carboxylic acids is 1. The molecule has 0 saturated carbocycles. The van der Waals surface area contributed by atoms with Crippen molar-refractivity contribution in [2.45, 2.75) is 12.8 Å². The van der Waals surface area contributed by atoms with E-state index in [0.29, 0.717) is 19.6 Å². The Kier molecular flexibility index (Phi) is 5.21. The van der Waals surface area contributed by atoms with Crippen molar-refractivity contribution < 1.29 is 14.6 Å². The van der Waals surface area contributed by atoms with Crippen LogP contribution in [0.3, 0.4) is 0 Å². The molecule has 0 aromatic carbocycles. The number of carboxylic acid groups (broad SMARTS) is 1. The van der Waals surface area contributed by atoms with Gasteiger partial charge in [0.25, 0.3) is 0 Å². The van der Waals surface area contributed by atoms with Gasteiger partial charge < -0.3 is 9.84 Å². The molecule has 0 heterocycles. The lowest BCUT2D eigenvalue weighted by Crippen LogP contribution is -2.02. The summed E-state index contributed by atoms with van der Waals surface area (Å²) in [4.78, 5) is 9.87. The van der Waals surface area contributed by atoms with Crippen molar-refractivity contribution in [2.75, 3.05) is 13.2 Å². The van der Waals surface area contributed by atoms with Gasteiger partial charge in [0.15, 0.2) is 0 Å².